The van der Waals surface area contributed by atoms with Gasteiger partial charge in [0.25, 0.3) is 0 Å². The highest BCUT2D eigenvalue weighted by Crippen LogP contribution is 2.11. The van der Waals surface area contributed by atoms with Gasteiger partial charge in [-0.2, -0.15) is 0 Å². The van der Waals surface area contributed by atoms with Gasteiger partial charge in [-0.05, 0) is 12.1 Å². The molecular formula is C10H12O4S. The molecule has 0 saturated heterocycles. The summed E-state index contributed by atoms with van der Waals surface area (Å²) in [5.41, 5.74) is 0.459. The molecule has 0 saturated carbocycles. The van der Waals surface area contributed by atoms with Crippen LogP contribution in [0.4, 0.5) is 0 Å². The highest BCUT2D eigenvalue weighted by Gasteiger charge is 2.13. The number of ether oxygens (including phenoxy) is 1. The number of aldehydes is 1. The largest absolute Gasteiger partial charge is 0.384 e. The highest BCUT2D eigenvalue weighted by molar-refractivity contribution is 7.91. The first-order valence-corrected chi connectivity index (χ1v) is 6.02. The molecule has 0 radical (unpaired) electrons. The van der Waals surface area contributed by atoms with E-state index in [0.717, 1.165) is 0 Å². The van der Waals surface area contributed by atoms with E-state index in [1.807, 2.05) is 0 Å². The van der Waals surface area contributed by atoms with Gasteiger partial charge in [0.05, 0.1) is 17.3 Å². The SMILES string of the molecule is COCCS(=O)(=O)c1ccc(C=O)cc1. The summed E-state index contributed by atoms with van der Waals surface area (Å²) in [6.45, 7) is 0.164. The molecule has 0 fully saturated rings. The Kier molecular flexibility index (Phi) is 3.99. The molecule has 0 N–H and O–H groups in total. The number of methoxy groups -OCH3 is 1. The Morgan fingerprint density at radius 2 is 1.87 bits per heavy atom. The predicted octanol–water partition coefficient (Wildman–Crippen LogP) is 0.919. The predicted molar refractivity (Wildman–Crippen MR) is 55.8 cm³/mol. The average Bonchev–Trinajstić information content (AvgIpc) is 2.26. The molecule has 4 nitrogen and oxygen atoms in total. The van der Waals surface area contributed by atoms with E-state index in [9.17, 15) is 13.2 Å². The van der Waals surface area contributed by atoms with Crippen LogP contribution < -0.4 is 0 Å². The summed E-state index contributed by atoms with van der Waals surface area (Å²) in [7, 11) is -1.84. The number of hydrogen-bond acceptors (Lipinski definition) is 4. The Hall–Kier alpha value is -1.20. The van der Waals surface area contributed by atoms with Gasteiger partial charge >= 0.3 is 0 Å². The highest BCUT2D eigenvalue weighted by atomic mass is 32.2. The third kappa shape index (κ3) is 3.14. The van der Waals surface area contributed by atoms with Crippen molar-refractivity contribution < 1.29 is 17.9 Å². The summed E-state index contributed by atoms with van der Waals surface area (Å²) in [6.07, 6.45) is 0.672. The molecular weight excluding hydrogens is 216 g/mol. The zero-order valence-corrected chi connectivity index (χ0v) is 9.16. The lowest BCUT2D eigenvalue weighted by Gasteiger charge is -2.03. The third-order valence-corrected chi connectivity index (χ3v) is 3.63. The van der Waals surface area contributed by atoms with Crippen LogP contribution in [-0.4, -0.2) is 34.2 Å². The number of hydrogen-bond donors (Lipinski definition) is 0. The molecule has 0 amide bonds. The molecule has 15 heavy (non-hydrogen) atoms. The lowest BCUT2D eigenvalue weighted by molar-refractivity contribution is 0.112. The maximum absolute atomic E-state index is 11.6. The molecule has 0 unspecified atom stereocenters. The van der Waals surface area contributed by atoms with Crippen LogP contribution in [0.3, 0.4) is 0 Å². The second-order valence-corrected chi connectivity index (χ2v) is 5.11. The first-order valence-electron chi connectivity index (χ1n) is 4.37. The fourth-order valence-corrected chi connectivity index (χ4v) is 2.24. The number of carbonyl (C=O) groups excluding carboxylic acids is 1. The van der Waals surface area contributed by atoms with Crippen molar-refractivity contribution >= 4 is 16.1 Å². The summed E-state index contributed by atoms with van der Waals surface area (Å²) in [5, 5.41) is 0. The van der Waals surface area contributed by atoms with Crippen molar-refractivity contribution in [2.24, 2.45) is 0 Å². The van der Waals surface area contributed by atoms with Gasteiger partial charge in [-0.15, -0.1) is 0 Å². The minimum atomic E-state index is -3.29. The monoisotopic (exact) mass is 228 g/mol. The molecule has 0 aliphatic carbocycles. The maximum atomic E-state index is 11.6. The number of sulfone groups is 1. The second-order valence-electron chi connectivity index (χ2n) is 3.00. The summed E-state index contributed by atoms with van der Waals surface area (Å²) in [6, 6.07) is 5.81. The molecule has 1 rings (SSSR count). The maximum Gasteiger partial charge on any atom is 0.180 e. The zero-order chi connectivity index (χ0) is 11.3. The Bertz CT molecular complexity index is 419. The lowest BCUT2D eigenvalue weighted by Crippen LogP contribution is -2.11. The van der Waals surface area contributed by atoms with Gasteiger partial charge in [0.1, 0.15) is 6.29 Å². The van der Waals surface area contributed by atoms with Crippen LogP contribution in [-0.2, 0) is 14.6 Å². The van der Waals surface area contributed by atoms with Gasteiger partial charge in [0.15, 0.2) is 9.84 Å². The number of benzene rings is 1. The van der Waals surface area contributed by atoms with Crippen molar-refractivity contribution in [2.75, 3.05) is 19.5 Å². The topological polar surface area (TPSA) is 60.4 Å². The van der Waals surface area contributed by atoms with Crippen molar-refractivity contribution in [3.8, 4) is 0 Å². The lowest BCUT2D eigenvalue weighted by atomic mass is 10.2. The van der Waals surface area contributed by atoms with Crippen molar-refractivity contribution in [1.29, 1.82) is 0 Å². The fraction of sp³-hybridized carbons (Fsp3) is 0.300. The molecule has 0 aliphatic heterocycles. The van der Waals surface area contributed by atoms with Crippen LogP contribution in [0.5, 0.6) is 0 Å². The number of rotatable bonds is 5. The average molecular weight is 228 g/mol. The van der Waals surface area contributed by atoms with Crippen molar-refractivity contribution in [1.82, 2.24) is 0 Å². The summed E-state index contributed by atoms with van der Waals surface area (Å²) in [5.74, 6) is -0.0517. The summed E-state index contributed by atoms with van der Waals surface area (Å²) in [4.78, 5) is 10.6. The van der Waals surface area contributed by atoms with Gasteiger partial charge in [0.2, 0.25) is 0 Å². The van der Waals surface area contributed by atoms with Gasteiger partial charge in [-0.25, -0.2) is 8.42 Å². The van der Waals surface area contributed by atoms with Gasteiger partial charge < -0.3 is 4.74 Å². The van der Waals surface area contributed by atoms with Crippen molar-refractivity contribution in [2.45, 2.75) is 4.90 Å². The van der Waals surface area contributed by atoms with Gasteiger partial charge in [-0.3, -0.25) is 4.79 Å². The third-order valence-electron chi connectivity index (χ3n) is 1.93. The van der Waals surface area contributed by atoms with Crippen molar-refractivity contribution in [3.63, 3.8) is 0 Å². The van der Waals surface area contributed by atoms with E-state index in [-0.39, 0.29) is 17.3 Å². The Morgan fingerprint density at radius 3 is 2.33 bits per heavy atom. The van der Waals surface area contributed by atoms with E-state index in [4.69, 9.17) is 4.74 Å². The van der Waals surface area contributed by atoms with Crippen LogP contribution in [0.1, 0.15) is 10.4 Å². The molecule has 0 aromatic heterocycles. The van der Waals surface area contributed by atoms with E-state index in [2.05, 4.69) is 0 Å². The Morgan fingerprint density at radius 1 is 1.27 bits per heavy atom. The fourth-order valence-electron chi connectivity index (χ4n) is 1.06. The van der Waals surface area contributed by atoms with Crippen LogP contribution in [0.2, 0.25) is 0 Å². The Labute approximate surface area is 88.8 Å². The standard InChI is InChI=1S/C10H12O4S/c1-14-6-7-15(12,13)10-4-2-9(8-11)3-5-10/h2-5,8H,6-7H2,1H3. The zero-order valence-electron chi connectivity index (χ0n) is 8.34. The van der Waals surface area contributed by atoms with Crippen molar-refractivity contribution in [3.05, 3.63) is 29.8 Å². The first-order chi connectivity index (χ1) is 7.10. The van der Waals surface area contributed by atoms with E-state index < -0.39 is 9.84 Å². The minimum Gasteiger partial charge on any atom is -0.384 e. The smallest absolute Gasteiger partial charge is 0.180 e. The quantitative estimate of drug-likeness (QED) is 0.703. The van der Waals surface area contributed by atoms with E-state index in [1.54, 1.807) is 0 Å². The minimum absolute atomic E-state index is 0.0517. The first kappa shape index (κ1) is 11.9. The molecule has 5 heteroatoms. The molecule has 0 spiro atoms. The molecule has 0 bridgehead atoms. The molecule has 1 aromatic carbocycles. The Balaban J connectivity index is 2.90. The van der Waals surface area contributed by atoms with Gasteiger partial charge in [-0.1, -0.05) is 12.1 Å². The van der Waals surface area contributed by atoms with Crippen LogP contribution in [0, 0.1) is 0 Å². The normalized spacial score (nSPS) is 11.3. The molecule has 0 heterocycles. The summed E-state index contributed by atoms with van der Waals surface area (Å²) < 4.78 is 28.0. The van der Waals surface area contributed by atoms with Gasteiger partial charge in [0, 0.05) is 12.7 Å². The second kappa shape index (κ2) is 5.04. The number of carbonyl (C=O) groups is 1. The van der Waals surface area contributed by atoms with E-state index in [0.29, 0.717) is 11.8 Å². The molecule has 0 atom stereocenters. The van der Waals surface area contributed by atoms with Crippen LogP contribution >= 0.6 is 0 Å². The van der Waals surface area contributed by atoms with Crippen LogP contribution in [0.25, 0.3) is 0 Å². The summed E-state index contributed by atoms with van der Waals surface area (Å²) >= 11 is 0. The molecule has 0 aliphatic rings. The molecule has 82 valence electrons. The van der Waals surface area contributed by atoms with Crippen LogP contribution in [0.15, 0.2) is 29.2 Å². The van der Waals surface area contributed by atoms with E-state index >= 15 is 0 Å². The molecule has 1 aromatic rings. The van der Waals surface area contributed by atoms with E-state index in [1.165, 1.54) is 31.4 Å².